The Balaban J connectivity index is 1.79. The first-order valence-corrected chi connectivity index (χ1v) is 7.63. The van der Waals surface area contributed by atoms with E-state index in [1.54, 1.807) is 12.4 Å². The molecule has 0 aliphatic heterocycles. The number of rotatable bonds is 4. The molecular formula is C15H13N7S. The van der Waals surface area contributed by atoms with Gasteiger partial charge in [0.15, 0.2) is 0 Å². The number of thiazole rings is 1. The monoisotopic (exact) mass is 323 g/mol. The lowest BCUT2D eigenvalue weighted by Crippen LogP contribution is -2.30. The highest BCUT2D eigenvalue weighted by atomic mass is 32.1. The molecule has 0 bridgehead atoms. The van der Waals surface area contributed by atoms with Gasteiger partial charge in [-0.15, -0.1) is 21.5 Å². The van der Waals surface area contributed by atoms with Crippen LogP contribution in [0.5, 0.6) is 0 Å². The summed E-state index contributed by atoms with van der Waals surface area (Å²) in [4.78, 5) is 16.1. The van der Waals surface area contributed by atoms with Crippen molar-refractivity contribution < 1.29 is 0 Å². The van der Waals surface area contributed by atoms with Crippen LogP contribution in [0.4, 0.5) is 10.9 Å². The third-order valence-corrected chi connectivity index (χ3v) is 4.03. The summed E-state index contributed by atoms with van der Waals surface area (Å²) in [5, 5.41) is 12.6. The van der Waals surface area contributed by atoms with Crippen LogP contribution in [0.2, 0.25) is 0 Å². The number of nitrogens with one attached hydrogen (secondary N) is 1. The van der Waals surface area contributed by atoms with Gasteiger partial charge in [0.2, 0.25) is 5.95 Å². The van der Waals surface area contributed by atoms with Crippen molar-refractivity contribution in [2.24, 2.45) is 0 Å². The molecule has 3 aromatic heterocycles. The van der Waals surface area contributed by atoms with E-state index in [9.17, 15) is 0 Å². The molecule has 0 aromatic carbocycles. The van der Waals surface area contributed by atoms with Crippen LogP contribution in [-0.4, -0.2) is 25.1 Å². The van der Waals surface area contributed by atoms with E-state index in [4.69, 9.17) is 6.57 Å². The first-order valence-electron chi connectivity index (χ1n) is 6.81. The summed E-state index contributed by atoms with van der Waals surface area (Å²) in [6, 6.07) is 5.75. The van der Waals surface area contributed by atoms with Gasteiger partial charge in [-0.3, -0.25) is 9.97 Å². The van der Waals surface area contributed by atoms with E-state index in [1.807, 2.05) is 32.0 Å². The quantitative estimate of drug-likeness (QED) is 0.742. The Labute approximate surface area is 137 Å². The maximum absolute atomic E-state index is 6.96. The maximum Gasteiger partial charge on any atom is 0.260 e. The van der Waals surface area contributed by atoms with Crippen molar-refractivity contribution in [3.8, 4) is 10.7 Å². The Bertz CT molecular complexity index is 834. The summed E-state index contributed by atoms with van der Waals surface area (Å²) in [5.41, 5.74) is 1.00. The number of hydrogen-bond acceptors (Lipinski definition) is 7. The fourth-order valence-electron chi connectivity index (χ4n) is 1.94. The summed E-state index contributed by atoms with van der Waals surface area (Å²) in [7, 11) is 0. The molecule has 0 amide bonds. The molecule has 23 heavy (non-hydrogen) atoms. The van der Waals surface area contributed by atoms with Gasteiger partial charge in [-0.2, -0.15) is 0 Å². The second-order valence-corrected chi connectivity index (χ2v) is 6.26. The molecule has 8 heteroatoms. The topological polar surface area (TPSA) is 80.8 Å². The number of nitrogens with zero attached hydrogens (tertiary/aromatic N) is 6. The minimum absolute atomic E-state index is 0.409. The smallest absolute Gasteiger partial charge is 0.260 e. The van der Waals surface area contributed by atoms with Crippen molar-refractivity contribution in [2.75, 3.05) is 5.32 Å². The third kappa shape index (κ3) is 3.30. The van der Waals surface area contributed by atoms with Crippen LogP contribution in [0.3, 0.4) is 0 Å². The van der Waals surface area contributed by atoms with Gasteiger partial charge in [-0.1, -0.05) is 6.07 Å². The van der Waals surface area contributed by atoms with Crippen LogP contribution in [0.25, 0.3) is 15.5 Å². The minimum atomic E-state index is -0.428. The molecule has 3 aromatic rings. The fourth-order valence-corrected chi connectivity index (χ4v) is 2.59. The first-order chi connectivity index (χ1) is 11.1. The molecule has 0 saturated carbocycles. The van der Waals surface area contributed by atoms with E-state index < -0.39 is 5.54 Å². The van der Waals surface area contributed by atoms with Crippen LogP contribution < -0.4 is 5.32 Å². The normalized spacial score (nSPS) is 11.0. The number of anilines is 1. The molecule has 0 unspecified atom stereocenters. The Morgan fingerprint density at radius 3 is 2.61 bits per heavy atom. The van der Waals surface area contributed by atoms with E-state index in [1.165, 1.54) is 17.5 Å². The molecule has 0 aliphatic carbocycles. The Kier molecular flexibility index (Phi) is 3.95. The van der Waals surface area contributed by atoms with Crippen molar-refractivity contribution in [3.63, 3.8) is 0 Å². The average molecular weight is 323 g/mol. The zero-order chi connectivity index (χ0) is 16.3. The van der Waals surface area contributed by atoms with E-state index in [2.05, 4.69) is 35.3 Å². The van der Waals surface area contributed by atoms with Gasteiger partial charge >= 0.3 is 0 Å². The second kappa shape index (κ2) is 6.06. The maximum atomic E-state index is 6.96. The molecule has 0 spiro atoms. The summed E-state index contributed by atoms with van der Waals surface area (Å²) >= 11 is 1.26. The third-order valence-electron chi connectivity index (χ3n) is 3.11. The Morgan fingerprint density at radius 1 is 1.13 bits per heavy atom. The lowest BCUT2D eigenvalue weighted by molar-refractivity contribution is 0.578. The van der Waals surface area contributed by atoms with Crippen molar-refractivity contribution in [1.29, 1.82) is 0 Å². The van der Waals surface area contributed by atoms with Gasteiger partial charge in [-0.05, 0) is 26.0 Å². The van der Waals surface area contributed by atoms with Crippen LogP contribution in [0.1, 0.15) is 19.5 Å². The van der Waals surface area contributed by atoms with Crippen LogP contribution >= 0.6 is 11.3 Å². The van der Waals surface area contributed by atoms with Crippen LogP contribution in [-0.2, 0) is 5.54 Å². The van der Waals surface area contributed by atoms with Gasteiger partial charge in [0, 0.05) is 12.4 Å². The highest BCUT2D eigenvalue weighted by Crippen LogP contribution is 2.28. The lowest BCUT2D eigenvalue weighted by atomic mass is 10.0. The predicted octanol–water partition coefficient (Wildman–Crippen LogP) is 3.29. The van der Waals surface area contributed by atoms with Crippen molar-refractivity contribution in [3.05, 3.63) is 53.9 Å². The standard InChI is InChI=1S/C15H13N7S/c1-15(2,11-6-4-5-7-17-11)20-14-19-8-10(21-22-14)13-18-9-12(16-3)23-13/h4-9H,1-2H3,(H,19,20,22). The minimum Gasteiger partial charge on any atom is -0.342 e. The predicted molar refractivity (Wildman–Crippen MR) is 88.1 cm³/mol. The second-order valence-electron chi connectivity index (χ2n) is 5.25. The zero-order valence-electron chi connectivity index (χ0n) is 12.6. The van der Waals surface area contributed by atoms with Crippen LogP contribution in [0, 0.1) is 6.57 Å². The number of aromatic nitrogens is 5. The number of hydrogen-bond donors (Lipinski definition) is 1. The Morgan fingerprint density at radius 2 is 2.00 bits per heavy atom. The molecule has 3 heterocycles. The molecule has 114 valence electrons. The van der Waals surface area contributed by atoms with Crippen molar-refractivity contribution >= 4 is 22.3 Å². The molecule has 0 aliphatic rings. The number of pyridine rings is 1. The zero-order valence-corrected chi connectivity index (χ0v) is 13.4. The van der Waals surface area contributed by atoms with Gasteiger partial charge in [0.25, 0.3) is 5.00 Å². The van der Waals surface area contributed by atoms with E-state index in [0.717, 1.165) is 5.69 Å². The summed E-state index contributed by atoms with van der Waals surface area (Å²) in [6.07, 6.45) is 4.86. The molecule has 0 atom stereocenters. The largest absolute Gasteiger partial charge is 0.342 e. The van der Waals surface area contributed by atoms with Crippen molar-refractivity contribution in [2.45, 2.75) is 19.4 Å². The molecular weight excluding hydrogens is 310 g/mol. The fraction of sp³-hybridized carbons (Fsp3) is 0.200. The lowest BCUT2D eigenvalue weighted by Gasteiger charge is -2.25. The van der Waals surface area contributed by atoms with Gasteiger partial charge in [-0.25, -0.2) is 9.83 Å². The molecule has 3 rings (SSSR count). The van der Waals surface area contributed by atoms with E-state index >= 15 is 0 Å². The van der Waals surface area contributed by atoms with E-state index in [-0.39, 0.29) is 0 Å². The Hall–Kier alpha value is -2.92. The molecule has 0 saturated heterocycles. The molecule has 0 radical (unpaired) electrons. The van der Waals surface area contributed by atoms with E-state index in [0.29, 0.717) is 21.7 Å². The molecule has 0 fully saturated rings. The molecule has 1 N–H and O–H groups in total. The van der Waals surface area contributed by atoms with Gasteiger partial charge in [0.05, 0.1) is 24.0 Å². The van der Waals surface area contributed by atoms with Crippen molar-refractivity contribution in [1.82, 2.24) is 25.1 Å². The highest BCUT2D eigenvalue weighted by molar-refractivity contribution is 7.18. The summed E-state index contributed by atoms with van der Waals surface area (Å²) < 4.78 is 0. The van der Waals surface area contributed by atoms with Crippen LogP contribution in [0.15, 0.2) is 36.8 Å². The van der Waals surface area contributed by atoms with Gasteiger partial charge in [0.1, 0.15) is 10.7 Å². The summed E-state index contributed by atoms with van der Waals surface area (Å²) in [5.74, 6) is 0.409. The average Bonchev–Trinajstić information content (AvgIpc) is 3.05. The SMILES string of the molecule is [C-]#[N+]c1cnc(-c2cnc(NC(C)(C)c3ccccn3)nn2)s1. The van der Waals surface area contributed by atoms with Gasteiger partial charge < -0.3 is 5.32 Å². The summed E-state index contributed by atoms with van der Waals surface area (Å²) in [6.45, 7) is 11.0. The first kappa shape index (κ1) is 15.0. The molecule has 7 nitrogen and oxygen atoms in total. The highest BCUT2D eigenvalue weighted by Gasteiger charge is 2.22.